The Balaban J connectivity index is 1.77. The van der Waals surface area contributed by atoms with Crippen LogP contribution in [0.3, 0.4) is 0 Å². The van der Waals surface area contributed by atoms with E-state index in [0.717, 1.165) is 10.6 Å². The van der Waals surface area contributed by atoms with Gasteiger partial charge in [-0.2, -0.15) is 0 Å². The van der Waals surface area contributed by atoms with Crippen molar-refractivity contribution >= 4 is 66.2 Å². The maximum absolute atomic E-state index is 12.9. The molecule has 1 amide bonds. The van der Waals surface area contributed by atoms with E-state index >= 15 is 0 Å². The summed E-state index contributed by atoms with van der Waals surface area (Å²) in [7, 11) is -6.33. The van der Waals surface area contributed by atoms with Gasteiger partial charge in [-0.3, -0.25) is 13.8 Å². The van der Waals surface area contributed by atoms with E-state index in [1.54, 1.807) is 12.1 Å². The molecule has 2 N–H and O–H groups in total. The molecule has 0 saturated carbocycles. The molecule has 9 nitrogen and oxygen atoms in total. The summed E-state index contributed by atoms with van der Waals surface area (Å²) in [5.41, 5.74) is 0.796. The highest BCUT2D eigenvalue weighted by Crippen LogP contribution is 2.31. The smallest absolute Gasteiger partial charge is 0.261 e. The van der Waals surface area contributed by atoms with Crippen LogP contribution < -0.4 is 19.1 Å². The largest absolute Gasteiger partial charge is 0.495 e. The normalized spacial score (nSPS) is 12.5. The minimum atomic E-state index is -3.88. The number of rotatable bonds is 9. The number of anilines is 3. The van der Waals surface area contributed by atoms with Crippen LogP contribution in [0.1, 0.15) is 6.92 Å². The lowest BCUT2D eigenvalue weighted by Crippen LogP contribution is -2.45. The Morgan fingerprint density at radius 3 is 2.03 bits per heavy atom. The summed E-state index contributed by atoms with van der Waals surface area (Å²) in [5.74, 6) is -0.283. The number of sulfonamides is 2. The van der Waals surface area contributed by atoms with Crippen LogP contribution in [-0.2, 0) is 24.8 Å². The number of nitrogens with zero attached hydrogens (tertiary/aromatic N) is 1. The second-order valence-electron chi connectivity index (χ2n) is 7.68. The van der Waals surface area contributed by atoms with Crippen molar-refractivity contribution in [2.75, 3.05) is 27.7 Å². The Morgan fingerprint density at radius 1 is 0.917 bits per heavy atom. The molecule has 0 spiro atoms. The molecule has 0 aliphatic heterocycles. The molecule has 13 heteroatoms. The van der Waals surface area contributed by atoms with Crippen molar-refractivity contribution in [3.63, 3.8) is 0 Å². The lowest BCUT2D eigenvalue weighted by molar-refractivity contribution is -0.116. The number of ether oxygens (including phenoxy) is 1. The summed E-state index contributed by atoms with van der Waals surface area (Å²) in [4.78, 5) is 12.9. The molecule has 0 bridgehead atoms. The number of hydrogen-bond donors (Lipinski definition) is 2. The van der Waals surface area contributed by atoms with Crippen LogP contribution in [0.25, 0.3) is 0 Å². The molecule has 3 aromatic rings. The van der Waals surface area contributed by atoms with Crippen molar-refractivity contribution in [1.29, 1.82) is 0 Å². The van der Waals surface area contributed by atoms with Gasteiger partial charge in [0.25, 0.3) is 10.0 Å². The van der Waals surface area contributed by atoms with E-state index in [1.165, 1.54) is 68.6 Å². The highest BCUT2D eigenvalue weighted by Gasteiger charge is 2.30. The SMILES string of the molecule is COc1ccc(N([C@@H](C)C(=O)Nc2ccc(S(=O)(=O)Nc3ccc(Cl)cc3)cc2)S(C)(=O)=O)cc1Cl. The van der Waals surface area contributed by atoms with Gasteiger partial charge in [0.05, 0.1) is 29.0 Å². The molecule has 0 heterocycles. The molecule has 192 valence electrons. The minimum absolute atomic E-state index is 0.0332. The van der Waals surface area contributed by atoms with Crippen LogP contribution in [0, 0.1) is 0 Å². The summed E-state index contributed by atoms with van der Waals surface area (Å²) in [6.45, 7) is 1.42. The van der Waals surface area contributed by atoms with Crippen LogP contribution in [0.2, 0.25) is 10.0 Å². The Hall–Kier alpha value is -2.99. The monoisotopic (exact) mass is 571 g/mol. The molecule has 1 atom stereocenters. The van der Waals surface area contributed by atoms with Gasteiger partial charge in [-0.25, -0.2) is 16.8 Å². The first-order valence-electron chi connectivity index (χ1n) is 10.3. The number of carbonyl (C=O) groups is 1. The van der Waals surface area contributed by atoms with E-state index in [0.29, 0.717) is 16.5 Å². The number of nitrogens with one attached hydrogen (secondary N) is 2. The maximum atomic E-state index is 12.9. The van der Waals surface area contributed by atoms with Gasteiger partial charge in [-0.05, 0) is 73.7 Å². The number of amides is 1. The van der Waals surface area contributed by atoms with Crippen LogP contribution in [0.15, 0.2) is 71.6 Å². The molecule has 0 aliphatic rings. The summed E-state index contributed by atoms with van der Waals surface area (Å²) in [6.07, 6.45) is 0.974. The molecule has 3 aromatic carbocycles. The van der Waals surface area contributed by atoms with Crippen molar-refractivity contribution in [3.05, 3.63) is 76.8 Å². The second kappa shape index (κ2) is 11.0. The van der Waals surface area contributed by atoms with Crippen molar-refractivity contribution in [3.8, 4) is 5.75 Å². The van der Waals surface area contributed by atoms with E-state index in [2.05, 4.69) is 10.0 Å². The number of hydrogen-bond acceptors (Lipinski definition) is 6. The fraction of sp³-hybridized carbons (Fsp3) is 0.174. The number of halogens is 2. The first-order valence-corrected chi connectivity index (χ1v) is 14.4. The molecule has 3 rings (SSSR count). The van der Waals surface area contributed by atoms with E-state index in [4.69, 9.17) is 27.9 Å². The summed E-state index contributed by atoms with van der Waals surface area (Å²) in [6, 6.07) is 14.8. The third-order valence-corrected chi connectivity index (χ3v) is 8.19. The second-order valence-corrected chi connectivity index (χ2v) is 12.1. The zero-order chi connectivity index (χ0) is 26.7. The Morgan fingerprint density at radius 2 is 1.50 bits per heavy atom. The molecule has 0 aliphatic carbocycles. The topological polar surface area (TPSA) is 122 Å². The molecule has 0 saturated heterocycles. The van der Waals surface area contributed by atoms with Gasteiger partial charge < -0.3 is 10.1 Å². The Labute approximate surface area is 220 Å². The molecule has 36 heavy (non-hydrogen) atoms. The third-order valence-electron chi connectivity index (χ3n) is 5.01. The average molecular weight is 572 g/mol. The van der Waals surface area contributed by atoms with Crippen molar-refractivity contribution < 1.29 is 26.4 Å². The summed E-state index contributed by atoms with van der Waals surface area (Å²) >= 11 is 12.0. The first kappa shape index (κ1) is 27.6. The van der Waals surface area contributed by atoms with Crippen molar-refractivity contribution in [2.45, 2.75) is 17.9 Å². The van der Waals surface area contributed by atoms with E-state index in [9.17, 15) is 21.6 Å². The van der Waals surface area contributed by atoms with E-state index in [-0.39, 0.29) is 21.3 Å². The van der Waals surface area contributed by atoms with Crippen LogP contribution in [0.4, 0.5) is 17.1 Å². The molecule has 0 fully saturated rings. The Bertz CT molecular complexity index is 1460. The Kier molecular flexibility index (Phi) is 8.40. The zero-order valence-electron chi connectivity index (χ0n) is 19.4. The van der Waals surface area contributed by atoms with Crippen molar-refractivity contribution in [1.82, 2.24) is 0 Å². The van der Waals surface area contributed by atoms with Gasteiger partial charge in [0.2, 0.25) is 15.9 Å². The standard InChI is InChI=1S/C23H23Cl2N3O6S2/c1-15(28(35(3,30)31)19-10-13-22(34-2)21(25)14-19)23(29)26-17-8-11-20(12-9-17)36(32,33)27-18-6-4-16(24)5-7-18/h4-15,27H,1-3H3,(H,26,29)/t15-/m0/s1. The number of benzene rings is 3. The number of methoxy groups -OCH3 is 1. The van der Waals surface area contributed by atoms with E-state index < -0.39 is 32.0 Å². The molecule has 0 radical (unpaired) electrons. The van der Waals surface area contributed by atoms with Gasteiger partial charge in [-0.1, -0.05) is 23.2 Å². The molecule has 0 aromatic heterocycles. The van der Waals surface area contributed by atoms with E-state index in [1.807, 2.05) is 0 Å². The van der Waals surface area contributed by atoms with Gasteiger partial charge >= 0.3 is 0 Å². The predicted octanol–water partition coefficient (Wildman–Crippen LogP) is 4.60. The average Bonchev–Trinajstić information content (AvgIpc) is 2.80. The fourth-order valence-electron chi connectivity index (χ4n) is 3.30. The summed E-state index contributed by atoms with van der Waals surface area (Å²) < 4.78 is 58.7. The van der Waals surface area contributed by atoms with Gasteiger partial charge in [0, 0.05) is 16.4 Å². The van der Waals surface area contributed by atoms with Crippen molar-refractivity contribution in [2.24, 2.45) is 0 Å². The maximum Gasteiger partial charge on any atom is 0.261 e. The van der Waals surface area contributed by atoms with Gasteiger partial charge in [0.15, 0.2) is 0 Å². The number of carbonyl (C=O) groups excluding carboxylic acids is 1. The van der Waals surface area contributed by atoms with Crippen LogP contribution >= 0.6 is 23.2 Å². The highest BCUT2D eigenvalue weighted by atomic mass is 35.5. The van der Waals surface area contributed by atoms with Gasteiger partial charge in [0.1, 0.15) is 11.8 Å². The lowest BCUT2D eigenvalue weighted by atomic mass is 10.2. The summed E-state index contributed by atoms with van der Waals surface area (Å²) in [5, 5.41) is 3.25. The fourth-order valence-corrected chi connectivity index (χ4v) is 5.90. The first-order chi connectivity index (χ1) is 16.8. The molecular formula is C23H23Cl2N3O6S2. The molecular weight excluding hydrogens is 549 g/mol. The van der Waals surface area contributed by atoms with Crippen LogP contribution in [-0.4, -0.2) is 42.2 Å². The molecule has 0 unspecified atom stereocenters. The lowest BCUT2D eigenvalue weighted by Gasteiger charge is -2.28. The third kappa shape index (κ3) is 6.61. The minimum Gasteiger partial charge on any atom is -0.495 e. The van der Waals surface area contributed by atoms with Gasteiger partial charge in [-0.15, -0.1) is 0 Å². The predicted molar refractivity (Wildman–Crippen MR) is 142 cm³/mol. The van der Waals surface area contributed by atoms with Crippen LogP contribution in [0.5, 0.6) is 5.75 Å². The quantitative estimate of drug-likeness (QED) is 0.387. The highest BCUT2D eigenvalue weighted by molar-refractivity contribution is 7.92. The zero-order valence-corrected chi connectivity index (χ0v) is 22.5.